The van der Waals surface area contributed by atoms with Crippen LogP contribution in [0.4, 0.5) is 4.79 Å². The molecule has 2 fully saturated rings. The molecule has 0 aliphatic carbocycles. The number of carboxylic acids is 1. The Morgan fingerprint density at radius 1 is 1.16 bits per heavy atom. The first-order chi connectivity index (χ1) is 8.88. The maximum absolute atomic E-state index is 12.4. The minimum Gasteiger partial charge on any atom is -0.480 e. The average Bonchev–Trinajstić information content (AvgIpc) is 2.69. The first-order valence-corrected chi connectivity index (χ1v) is 6.50. The highest BCUT2D eigenvalue weighted by molar-refractivity contribution is 5.83. The number of morpholine rings is 1. The van der Waals surface area contributed by atoms with Crippen molar-refractivity contribution < 1.29 is 24.5 Å². The van der Waals surface area contributed by atoms with Gasteiger partial charge in [0, 0.05) is 26.1 Å². The van der Waals surface area contributed by atoms with E-state index >= 15 is 0 Å². The molecular weight excluding hydrogens is 252 g/mol. The second kappa shape index (κ2) is 5.34. The molecule has 0 spiro atoms. The van der Waals surface area contributed by atoms with Crippen LogP contribution in [-0.4, -0.2) is 76.0 Å². The highest BCUT2D eigenvalue weighted by Crippen LogP contribution is 2.22. The van der Waals surface area contributed by atoms with Crippen LogP contribution in [0.25, 0.3) is 0 Å². The van der Waals surface area contributed by atoms with Crippen LogP contribution in [0.2, 0.25) is 0 Å². The van der Waals surface area contributed by atoms with Crippen molar-refractivity contribution in [2.45, 2.75) is 44.6 Å². The van der Waals surface area contributed by atoms with Gasteiger partial charge in [-0.05, 0) is 13.8 Å². The molecular formula is C12H20N2O5. The number of carbonyl (C=O) groups excluding carboxylic acids is 1. The molecule has 0 bridgehead atoms. The average molecular weight is 272 g/mol. The van der Waals surface area contributed by atoms with Gasteiger partial charge >= 0.3 is 12.0 Å². The highest BCUT2D eigenvalue weighted by Gasteiger charge is 2.41. The molecule has 0 saturated carbocycles. The summed E-state index contributed by atoms with van der Waals surface area (Å²) in [5.41, 5.74) is 0. The lowest BCUT2D eigenvalue weighted by molar-refractivity contribution is -0.141. The molecule has 7 heteroatoms. The molecule has 2 rings (SSSR count). The number of aliphatic hydroxyl groups is 1. The Kier molecular flexibility index (Phi) is 3.96. The zero-order chi connectivity index (χ0) is 14.2. The third kappa shape index (κ3) is 2.98. The standard InChI is InChI=1S/C12H20N2O5/c1-7-4-13(5-8(2)19-7)12(18)14-6-9(15)3-10(14)11(16)17/h7-10,15H,3-6H2,1-2H3,(H,16,17)/t7-,8+,9-,10-/m0/s1. The summed E-state index contributed by atoms with van der Waals surface area (Å²) in [6.45, 7) is 4.73. The maximum atomic E-state index is 12.4. The summed E-state index contributed by atoms with van der Waals surface area (Å²) in [7, 11) is 0. The number of carboxylic acid groups (broad SMARTS) is 1. The molecule has 0 aromatic carbocycles. The van der Waals surface area contributed by atoms with E-state index in [1.165, 1.54) is 4.90 Å². The SMILES string of the molecule is C[C@@H]1CN(C(=O)N2C[C@@H](O)C[C@H]2C(=O)O)C[C@H](C)O1. The van der Waals surface area contributed by atoms with Gasteiger partial charge in [0.1, 0.15) is 6.04 Å². The quantitative estimate of drug-likeness (QED) is 0.686. The number of aliphatic carboxylic acids is 1. The summed E-state index contributed by atoms with van der Waals surface area (Å²) >= 11 is 0. The molecule has 7 nitrogen and oxygen atoms in total. The smallest absolute Gasteiger partial charge is 0.326 e. The highest BCUT2D eigenvalue weighted by atomic mass is 16.5. The predicted octanol–water partition coefficient (Wildman–Crippen LogP) is -0.265. The lowest BCUT2D eigenvalue weighted by Gasteiger charge is -2.38. The number of β-amino-alcohol motifs (C(OH)–C–C–N with tert-alkyl or cyclic N) is 1. The first kappa shape index (κ1) is 14.1. The Labute approximate surface area is 111 Å². The Bertz CT molecular complexity index is 365. The Balaban J connectivity index is 2.07. The topological polar surface area (TPSA) is 90.3 Å². The second-order valence-corrected chi connectivity index (χ2v) is 5.34. The van der Waals surface area contributed by atoms with E-state index in [0.29, 0.717) is 13.1 Å². The minimum absolute atomic E-state index is 0.0662. The third-order valence-electron chi connectivity index (χ3n) is 3.50. The fourth-order valence-electron chi connectivity index (χ4n) is 2.78. The molecule has 0 aromatic heterocycles. The number of hydrogen-bond acceptors (Lipinski definition) is 4. The molecule has 2 N–H and O–H groups in total. The number of urea groups is 1. The van der Waals surface area contributed by atoms with Gasteiger partial charge in [-0.1, -0.05) is 0 Å². The number of ether oxygens (including phenoxy) is 1. The van der Waals surface area contributed by atoms with Crippen molar-refractivity contribution in [3.8, 4) is 0 Å². The van der Waals surface area contributed by atoms with Crippen LogP contribution in [0.5, 0.6) is 0 Å². The summed E-state index contributed by atoms with van der Waals surface area (Å²) in [6.07, 6.45) is -0.802. The van der Waals surface area contributed by atoms with Crippen molar-refractivity contribution in [2.75, 3.05) is 19.6 Å². The molecule has 2 amide bonds. The number of amides is 2. The van der Waals surface area contributed by atoms with Crippen LogP contribution >= 0.6 is 0 Å². The molecule has 19 heavy (non-hydrogen) atoms. The summed E-state index contributed by atoms with van der Waals surface area (Å²) in [4.78, 5) is 26.4. The number of likely N-dealkylation sites (tertiary alicyclic amines) is 1. The van der Waals surface area contributed by atoms with Gasteiger partial charge in [0.25, 0.3) is 0 Å². The van der Waals surface area contributed by atoms with Gasteiger partial charge in [-0.25, -0.2) is 9.59 Å². The second-order valence-electron chi connectivity index (χ2n) is 5.34. The Hall–Kier alpha value is -1.34. The van der Waals surface area contributed by atoms with E-state index in [9.17, 15) is 14.7 Å². The van der Waals surface area contributed by atoms with Crippen LogP contribution in [0.1, 0.15) is 20.3 Å². The van der Waals surface area contributed by atoms with Crippen LogP contribution in [-0.2, 0) is 9.53 Å². The van der Waals surface area contributed by atoms with Crippen molar-refractivity contribution in [1.82, 2.24) is 9.80 Å². The number of carbonyl (C=O) groups is 2. The van der Waals surface area contributed by atoms with E-state index < -0.39 is 18.1 Å². The molecule has 0 radical (unpaired) electrons. The van der Waals surface area contributed by atoms with Gasteiger partial charge in [-0.3, -0.25) is 0 Å². The van der Waals surface area contributed by atoms with E-state index in [0.717, 1.165) is 0 Å². The van der Waals surface area contributed by atoms with E-state index in [1.807, 2.05) is 13.8 Å². The van der Waals surface area contributed by atoms with Crippen LogP contribution in [0, 0.1) is 0 Å². The maximum Gasteiger partial charge on any atom is 0.326 e. The van der Waals surface area contributed by atoms with Crippen LogP contribution in [0.15, 0.2) is 0 Å². The number of nitrogens with zero attached hydrogens (tertiary/aromatic N) is 2. The molecule has 4 atom stereocenters. The van der Waals surface area contributed by atoms with Gasteiger partial charge in [-0.2, -0.15) is 0 Å². The Morgan fingerprint density at radius 2 is 1.74 bits per heavy atom. The van der Waals surface area contributed by atoms with E-state index in [-0.39, 0.29) is 31.2 Å². The van der Waals surface area contributed by atoms with E-state index in [4.69, 9.17) is 9.84 Å². The molecule has 0 aromatic rings. The van der Waals surface area contributed by atoms with E-state index in [1.54, 1.807) is 4.90 Å². The summed E-state index contributed by atoms with van der Waals surface area (Å²) < 4.78 is 5.55. The van der Waals surface area contributed by atoms with Crippen LogP contribution < -0.4 is 0 Å². The van der Waals surface area contributed by atoms with E-state index in [2.05, 4.69) is 0 Å². The predicted molar refractivity (Wildman–Crippen MR) is 65.7 cm³/mol. The molecule has 2 heterocycles. The summed E-state index contributed by atoms with van der Waals surface area (Å²) in [5.74, 6) is -1.07. The third-order valence-corrected chi connectivity index (χ3v) is 3.50. The Morgan fingerprint density at radius 3 is 2.26 bits per heavy atom. The van der Waals surface area contributed by atoms with Gasteiger partial charge < -0.3 is 24.7 Å². The van der Waals surface area contributed by atoms with Crippen molar-refractivity contribution in [3.63, 3.8) is 0 Å². The van der Waals surface area contributed by atoms with Crippen LogP contribution in [0.3, 0.4) is 0 Å². The zero-order valence-corrected chi connectivity index (χ0v) is 11.2. The van der Waals surface area contributed by atoms with Crippen molar-refractivity contribution in [1.29, 1.82) is 0 Å². The fourth-order valence-corrected chi connectivity index (χ4v) is 2.78. The first-order valence-electron chi connectivity index (χ1n) is 6.50. The van der Waals surface area contributed by atoms with Gasteiger partial charge in [0.2, 0.25) is 0 Å². The van der Waals surface area contributed by atoms with Crippen molar-refractivity contribution in [2.24, 2.45) is 0 Å². The normalized spacial score (nSPS) is 35.5. The molecule has 108 valence electrons. The van der Waals surface area contributed by atoms with Gasteiger partial charge in [0.05, 0.1) is 18.3 Å². The van der Waals surface area contributed by atoms with Crippen molar-refractivity contribution >= 4 is 12.0 Å². The zero-order valence-electron chi connectivity index (χ0n) is 11.2. The minimum atomic E-state index is -1.07. The number of rotatable bonds is 1. The summed E-state index contributed by atoms with van der Waals surface area (Å²) in [6, 6.07) is -1.26. The fraction of sp³-hybridized carbons (Fsp3) is 0.833. The lowest BCUT2D eigenvalue weighted by Crippen LogP contribution is -2.54. The van der Waals surface area contributed by atoms with Gasteiger partial charge in [-0.15, -0.1) is 0 Å². The molecule has 2 aliphatic heterocycles. The molecule has 2 aliphatic rings. The monoisotopic (exact) mass is 272 g/mol. The summed E-state index contributed by atoms with van der Waals surface area (Å²) in [5, 5.41) is 18.7. The van der Waals surface area contributed by atoms with Gasteiger partial charge in [0.15, 0.2) is 0 Å². The molecule has 2 saturated heterocycles. The largest absolute Gasteiger partial charge is 0.480 e. The molecule has 0 unspecified atom stereocenters. The number of aliphatic hydroxyl groups excluding tert-OH is 1. The van der Waals surface area contributed by atoms with Crippen molar-refractivity contribution in [3.05, 3.63) is 0 Å². The number of hydrogen-bond donors (Lipinski definition) is 2. The lowest BCUT2D eigenvalue weighted by atomic mass is 10.2.